The van der Waals surface area contributed by atoms with Crippen LogP contribution in [0.3, 0.4) is 0 Å². The van der Waals surface area contributed by atoms with E-state index in [-0.39, 0.29) is 12.1 Å². The lowest BCUT2D eigenvalue weighted by molar-refractivity contribution is 0.242. The maximum Gasteiger partial charge on any atom is 0.119 e. The Labute approximate surface area is 110 Å². The van der Waals surface area contributed by atoms with Gasteiger partial charge < -0.3 is 21.5 Å². The van der Waals surface area contributed by atoms with Crippen LogP contribution in [-0.4, -0.2) is 31.8 Å². The van der Waals surface area contributed by atoms with Crippen LogP contribution in [0, 0.1) is 0 Å². The van der Waals surface area contributed by atoms with Gasteiger partial charge in [-0.2, -0.15) is 0 Å². The number of benzene rings is 1. The van der Waals surface area contributed by atoms with Crippen molar-refractivity contribution in [3.05, 3.63) is 29.8 Å². The van der Waals surface area contributed by atoms with Crippen molar-refractivity contribution in [2.75, 3.05) is 19.6 Å². The lowest BCUT2D eigenvalue weighted by Gasteiger charge is -2.11. The van der Waals surface area contributed by atoms with Crippen LogP contribution < -0.4 is 21.5 Å². The first-order valence-corrected chi connectivity index (χ1v) is 6.53. The third-order valence-electron chi connectivity index (χ3n) is 2.59. The quantitative estimate of drug-likeness (QED) is 0.600. The molecule has 102 valence electrons. The molecule has 0 aromatic heterocycles. The van der Waals surface area contributed by atoms with E-state index >= 15 is 0 Å². The summed E-state index contributed by atoms with van der Waals surface area (Å²) >= 11 is 0. The first-order chi connectivity index (χ1) is 8.61. The molecule has 0 saturated heterocycles. The van der Waals surface area contributed by atoms with E-state index in [1.807, 2.05) is 26.0 Å². The first kappa shape index (κ1) is 15.0. The Bertz CT molecular complexity index is 324. The Hall–Kier alpha value is -1.10. The van der Waals surface area contributed by atoms with Crippen molar-refractivity contribution in [1.29, 1.82) is 0 Å². The monoisotopic (exact) mass is 251 g/mol. The molecule has 1 aromatic carbocycles. The maximum absolute atomic E-state index is 5.71. The summed E-state index contributed by atoms with van der Waals surface area (Å²) in [6.07, 6.45) is 1.20. The molecular weight excluding hydrogens is 226 g/mol. The van der Waals surface area contributed by atoms with Crippen LogP contribution in [0.25, 0.3) is 0 Å². The normalized spacial score (nSPS) is 12.7. The second-order valence-electron chi connectivity index (χ2n) is 4.76. The fourth-order valence-corrected chi connectivity index (χ4v) is 1.61. The van der Waals surface area contributed by atoms with E-state index in [4.69, 9.17) is 16.2 Å². The largest absolute Gasteiger partial charge is 0.491 e. The molecule has 1 rings (SSSR count). The summed E-state index contributed by atoms with van der Waals surface area (Å²) in [6.45, 7) is 6.26. The van der Waals surface area contributed by atoms with Gasteiger partial charge in [0.25, 0.3) is 0 Å². The molecule has 0 bridgehead atoms. The molecule has 0 radical (unpaired) electrons. The number of hydrogen-bond donors (Lipinski definition) is 3. The van der Waals surface area contributed by atoms with Crippen molar-refractivity contribution in [1.82, 2.24) is 5.32 Å². The third kappa shape index (κ3) is 6.00. The molecular formula is C14H25N3O. The average molecular weight is 251 g/mol. The molecule has 4 nitrogen and oxygen atoms in total. The topological polar surface area (TPSA) is 73.3 Å². The highest BCUT2D eigenvalue weighted by molar-refractivity contribution is 5.27. The third-order valence-corrected chi connectivity index (χ3v) is 2.59. The van der Waals surface area contributed by atoms with Gasteiger partial charge >= 0.3 is 0 Å². The van der Waals surface area contributed by atoms with Crippen LogP contribution >= 0.6 is 0 Å². The summed E-state index contributed by atoms with van der Waals surface area (Å²) in [4.78, 5) is 0. The Morgan fingerprint density at radius 2 is 1.89 bits per heavy atom. The predicted molar refractivity (Wildman–Crippen MR) is 75.8 cm³/mol. The summed E-state index contributed by atoms with van der Waals surface area (Å²) in [5.41, 5.74) is 12.4. The summed E-state index contributed by atoms with van der Waals surface area (Å²) in [5, 5.41) is 3.30. The highest BCUT2D eigenvalue weighted by Crippen LogP contribution is 2.13. The fourth-order valence-electron chi connectivity index (χ4n) is 1.61. The van der Waals surface area contributed by atoms with Crippen LogP contribution in [0.2, 0.25) is 0 Å². The minimum absolute atomic E-state index is 0.0480. The van der Waals surface area contributed by atoms with Gasteiger partial charge in [-0.15, -0.1) is 0 Å². The molecule has 0 aliphatic rings. The fraction of sp³-hybridized carbons (Fsp3) is 0.571. The van der Waals surface area contributed by atoms with Gasteiger partial charge in [0, 0.05) is 19.1 Å². The number of ether oxygens (including phenoxy) is 1. The Kier molecular flexibility index (Phi) is 6.72. The van der Waals surface area contributed by atoms with Crippen molar-refractivity contribution < 1.29 is 4.74 Å². The Balaban J connectivity index is 2.26. The van der Waals surface area contributed by atoms with Crippen LogP contribution in [0.5, 0.6) is 5.75 Å². The molecule has 1 aromatic rings. The van der Waals surface area contributed by atoms with Gasteiger partial charge in [-0.3, -0.25) is 0 Å². The van der Waals surface area contributed by atoms with Gasteiger partial charge in [0.2, 0.25) is 0 Å². The average Bonchev–Trinajstić information content (AvgIpc) is 2.35. The number of nitrogens with one attached hydrogen (secondary N) is 1. The molecule has 4 heteroatoms. The maximum atomic E-state index is 5.71. The molecule has 0 saturated carbocycles. The molecule has 1 unspecified atom stereocenters. The van der Waals surface area contributed by atoms with E-state index < -0.39 is 0 Å². The Morgan fingerprint density at radius 3 is 2.44 bits per heavy atom. The number of hydrogen-bond acceptors (Lipinski definition) is 4. The molecule has 0 amide bonds. The molecule has 0 heterocycles. The zero-order valence-corrected chi connectivity index (χ0v) is 11.4. The lowest BCUT2D eigenvalue weighted by Crippen LogP contribution is -2.40. The smallest absolute Gasteiger partial charge is 0.119 e. The van der Waals surface area contributed by atoms with Crippen LogP contribution in [0.15, 0.2) is 24.3 Å². The second kappa shape index (κ2) is 8.08. The second-order valence-corrected chi connectivity index (χ2v) is 4.76. The zero-order chi connectivity index (χ0) is 13.4. The molecule has 1 atom stereocenters. The summed E-state index contributed by atoms with van der Waals surface area (Å²) in [6, 6.07) is 8.28. The van der Waals surface area contributed by atoms with Gasteiger partial charge in [0.05, 0.1) is 6.10 Å². The van der Waals surface area contributed by atoms with E-state index in [1.165, 1.54) is 5.56 Å². The number of rotatable bonds is 8. The summed E-state index contributed by atoms with van der Waals surface area (Å²) in [7, 11) is 0. The van der Waals surface area contributed by atoms with Crippen molar-refractivity contribution in [2.45, 2.75) is 32.4 Å². The lowest BCUT2D eigenvalue weighted by atomic mass is 10.1. The molecule has 0 spiro atoms. The molecule has 0 fully saturated rings. The zero-order valence-electron chi connectivity index (χ0n) is 11.4. The minimum Gasteiger partial charge on any atom is -0.491 e. The van der Waals surface area contributed by atoms with E-state index in [0.717, 1.165) is 25.3 Å². The molecule has 0 aliphatic heterocycles. The minimum atomic E-state index is 0.0480. The van der Waals surface area contributed by atoms with Crippen LogP contribution in [0.4, 0.5) is 0 Å². The predicted octanol–water partition coefficient (Wildman–Crippen LogP) is 0.892. The highest BCUT2D eigenvalue weighted by atomic mass is 16.5. The van der Waals surface area contributed by atoms with E-state index in [0.29, 0.717) is 6.54 Å². The highest BCUT2D eigenvalue weighted by Gasteiger charge is 2.00. The van der Waals surface area contributed by atoms with Gasteiger partial charge in [0.15, 0.2) is 0 Å². The van der Waals surface area contributed by atoms with Gasteiger partial charge in [-0.25, -0.2) is 0 Å². The summed E-state index contributed by atoms with van der Waals surface area (Å²) in [5.74, 6) is 0.923. The van der Waals surface area contributed by atoms with Crippen molar-refractivity contribution in [2.24, 2.45) is 11.5 Å². The van der Waals surface area contributed by atoms with Gasteiger partial charge in [0.1, 0.15) is 5.75 Å². The van der Waals surface area contributed by atoms with Gasteiger partial charge in [-0.1, -0.05) is 12.1 Å². The molecule has 18 heavy (non-hydrogen) atoms. The molecule has 0 aliphatic carbocycles. The van der Waals surface area contributed by atoms with Crippen molar-refractivity contribution in [3.8, 4) is 5.75 Å². The van der Waals surface area contributed by atoms with Crippen LogP contribution in [0.1, 0.15) is 19.4 Å². The van der Waals surface area contributed by atoms with E-state index in [2.05, 4.69) is 17.4 Å². The van der Waals surface area contributed by atoms with Crippen LogP contribution in [-0.2, 0) is 6.42 Å². The first-order valence-electron chi connectivity index (χ1n) is 6.53. The molecule has 5 N–H and O–H groups in total. The van der Waals surface area contributed by atoms with E-state index in [9.17, 15) is 0 Å². The van der Waals surface area contributed by atoms with Gasteiger partial charge in [-0.05, 0) is 44.5 Å². The van der Waals surface area contributed by atoms with Crippen molar-refractivity contribution >= 4 is 0 Å². The standard InChI is InChI=1S/C14H25N3O/c1-11(2)18-14-5-3-12(4-6-14)7-8-17-10-13(16)9-15/h3-6,11,13,17H,7-10,15-16H2,1-2H3. The van der Waals surface area contributed by atoms with Crippen molar-refractivity contribution in [3.63, 3.8) is 0 Å². The van der Waals surface area contributed by atoms with E-state index in [1.54, 1.807) is 0 Å². The SMILES string of the molecule is CC(C)Oc1ccc(CCNCC(N)CN)cc1. The number of nitrogens with two attached hydrogens (primary N) is 2. The summed E-state index contributed by atoms with van der Waals surface area (Å²) < 4.78 is 5.59. The Morgan fingerprint density at radius 1 is 1.22 bits per heavy atom.